The van der Waals surface area contributed by atoms with Gasteiger partial charge in [0, 0.05) is 10.9 Å². The van der Waals surface area contributed by atoms with Gasteiger partial charge in [-0.1, -0.05) is 30.3 Å². The summed E-state index contributed by atoms with van der Waals surface area (Å²) in [6.45, 7) is 1.95. The maximum atomic E-state index is 14.0. The molecule has 0 saturated carbocycles. The van der Waals surface area contributed by atoms with Crippen molar-refractivity contribution in [3.8, 4) is 16.9 Å². The standard InChI is InChI=1S/C19H14FN3/c1-13-15-11-12-18(16-9-5-6-10-17(16)20)21-19(15)23(22-13)14-7-3-2-4-8-14/h2-12H,1H3. The highest BCUT2D eigenvalue weighted by molar-refractivity contribution is 5.82. The van der Waals surface area contributed by atoms with Crippen LogP contribution in [-0.4, -0.2) is 14.8 Å². The summed E-state index contributed by atoms with van der Waals surface area (Å²) in [5.41, 5.74) is 3.66. The molecule has 4 rings (SSSR count). The average molecular weight is 303 g/mol. The first-order chi connectivity index (χ1) is 11.2. The summed E-state index contributed by atoms with van der Waals surface area (Å²) in [7, 11) is 0. The van der Waals surface area contributed by atoms with E-state index in [-0.39, 0.29) is 5.82 Å². The Hall–Kier alpha value is -3.01. The predicted molar refractivity (Wildman–Crippen MR) is 89.0 cm³/mol. The molecule has 2 aromatic carbocycles. The number of hydrogen-bond donors (Lipinski definition) is 0. The molecule has 0 bridgehead atoms. The van der Waals surface area contributed by atoms with Gasteiger partial charge in [-0.05, 0) is 43.3 Å². The molecule has 0 aliphatic heterocycles. The van der Waals surface area contributed by atoms with Gasteiger partial charge in [-0.2, -0.15) is 5.10 Å². The van der Waals surface area contributed by atoms with Gasteiger partial charge in [0.25, 0.3) is 0 Å². The minimum Gasteiger partial charge on any atom is -0.228 e. The fourth-order valence-corrected chi connectivity index (χ4v) is 2.71. The molecular weight excluding hydrogens is 289 g/mol. The molecule has 0 spiro atoms. The van der Waals surface area contributed by atoms with Gasteiger partial charge < -0.3 is 0 Å². The molecular formula is C19H14FN3. The van der Waals surface area contributed by atoms with Crippen LogP contribution in [0.15, 0.2) is 66.7 Å². The zero-order valence-electron chi connectivity index (χ0n) is 12.6. The second-order valence-corrected chi connectivity index (χ2v) is 5.38. The third-order valence-corrected chi connectivity index (χ3v) is 3.87. The van der Waals surface area contributed by atoms with E-state index in [9.17, 15) is 4.39 Å². The number of aryl methyl sites for hydroxylation is 1. The van der Waals surface area contributed by atoms with Crippen molar-refractivity contribution >= 4 is 11.0 Å². The molecule has 0 atom stereocenters. The Morgan fingerprint density at radius 3 is 2.39 bits per heavy atom. The number of pyridine rings is 1. The van der Waals surface area contributed by atoms with E-state index in [0.29, 0.717) is 11.3 Å². The van der Waals surface area contributed by atoms with Crippen LogP contribution in [0.4, 0.5) is 4.39 Å². The fourth-order valence-electron chi connectivity index (χ4n) is 2.71. The molecule has 0 fully saturated rings. The molecule has 2 aromatic heterocycles. The molecule has 0 amide bonds. The van der Waals surface area contributed by atoms with Crippen LogP contribution in [-0.2, 0) is 0 Å². The van der Waals surface area contributed by atoms with Crippen molar-refractivity contribution in [3.63, 3.8) is 0 Å². The lowest BCUT2D eigenvalue weighted by Gasteiger charge is -2.05. The summed E-state index contributed by atoms with van der Waals surface area (Å²) >= 11 is 0. The molecule has 0 aliphatic carbocycles. The van der Waals surface area contributed by atoms with Gasteiger partial charge in [-0.3, -0.25) is 0 Å². The molecule has 3 nitrogen and oxygen atoms in total. The summed E-state index contributed by atoms with van der Waals surface area (Å²) in [5.74, 6) is -0.276. The van der Waals surface area contributed by atoms with E-state index < -0.39 is 0 Å². The fraction of sp³-hybridized carbons (Fsp3) is 0.0526. The number of rotatable bonds is 2. The topological polar surface area (TPSA) is 30.7 Å². The molecule has 0 N–H and O–H groups in total. The number of aromatic nitrogens is 3. The second-order valence-electron chi connectivity index (χ2n) is 5.38. The van der Waals surface area contributed by atoms with Crippen molar-refractivity contribution < 1.29 is 4.39 Å². The first-order valence-corrected chi connectivity index (χ1v) is 7.41. The number of benzene rings is 2. The monoisotopic (exact) mass is 303 g/mol. The Morgan fingerprint density at radius 2 is 1.61 bits per heavy atom. The maximum Gasteiger partial charge on any atom is 0.163 e. The number of para-hydroxylation sites is 1. The van der Waals surface area contributed by atoms with Gasteiger partial charge in [-0.25, -0.2) is 14.1 Å². The van der Waals surface area contributed by atoms with E-state index in [1.807, 2.05) is 55.5 Å². The largest absolute Gasteiger partial charge is 0.228 e. The highest BCUT2D eigenvalue weighted by Crippen LogP contribution is 2.26. The highest BCUT2D eigenvalue weighted by Gasteiger charge is 2.13. The molecule has 4 heteroatoms. The molecule has 4 aromatic rings. The van der Waals surface area contributed by atoms with E-state index >= 15 is 0 Å². The minimum absolute atomic E-state index is 0.276. The maximum absolute atomic E-state index is 14.0. The van der Waals surface area contributed by atoms with Gasteiger partial charge in [0.05, 0.1) is 17.1 Å². The van der Waals surface area contributed by atoms with Crippen LogP contribution in [0.2, 0.25) is 0 Å². The highest BCUT2D eigenvalue weighted by atomic mass is 19.1. The smallest absolute Gasteiger partial charge is 0.163 e. The van der Waals surface area contributed by atoms with Crippen LogP contribution in [0.3, 0.4) is 0 Å². The van der Waals surface area contributed by atoms with Crippen LogP contribution >= 0.6 is 0 Å². The molecule has 0 saturated heterocycles. The van der Waals surface area contributed by atoms with Crippen LogP contribution in [0.25, 0.3) is 28.0 Å². The van der Waals surface area contributed by atoms with Crippen LogP contribution in [0.5, 0.6) is 0 Å². The van der Waals surface area contributed by atoms with Crippen LogP contribution in [0, 0.1) is 12.7 Å². The Morgan fingerprint density at radius 1 is 0.870 bits per heavy atom. The quantitative estimate of drug-likeness (QED) is 0.544. The van der Waals surface area contributed by atoms with Crippen molar-refractivity contribution in [2.75, 3.05) is 0 Å². The van der Waals surface area contributed by atoms with Gasteiger partial charge in [0.15, 0.2) is 5.65 Å². The van der Waals surface area contributed by atoms with Gasteiger partial charge in [0.1, 0.15) is 5.82 Å². The van der Waals surface area contributed by atoms with E-state index in [0.717, 1.165) is 22.4 Å². The second kappa shape index (κ2) is 5.32. The zero-order valence-corrected chi connectivity index (χ0v) is 12.6. The van der Waals surface area contributed by atoms with Gasteiger partial charge >= 0.3 is 0 Å². The number of halogens is 1. The molecule has 2 heterocycles. The van der Waals surface area contributed by atoms with E-state index in [1.54, 1.807) is 16.8 Å². The first kappa shape index (κ1) is 13.6. The van der Waals surface area contributed by atoms with Crippen molar-refractivity contribution in [2.24, 2.45) is 0 Å². The summed E-state index contributed by atoms with van der Waals surface area (Å²) in [5, 5.41) is 5.54. The van der Waals surface area contributed by atoms with Crippen LogP contribution in [0.1, 0.15) is 5.69 Å². The zero-order chi connectivity index (χ0) is 15.8. The number of nitrogens with zero attached hydrogens (tertiary/aromatic N) is 3. The average Bonchev–Trinajstić information content (AvgIpc) is 2.92. The molecule has 0 radical (unpaired) electrons. The number of fused-ring (bicyclic) bond motifs is 1. The van der Waals surface area contributed by atoms with Gasteiger partial charge in [-0.15, -0.1) is 0 Å². The summed E-state index contributed by atoms with van der Waals surface area (Å²) < 4.78 is 15.8. The Labute approximate surface area is 133 Å². The van der Waals surface area contributed by atoms with Crippen LogP contribution < -0.4 is 0 Å². The first-order valence-electron chi connectivity index (χ1n) is 7.41. The lowest BCUT2D eigenvalue weighted by atomic mass is 10.1. The minimum atomic E-state index is -0.276. The summed E-state index contributed by atoms with van der Waals surface area (Å²) in [6.07, 6.45) is 0. The molecule has 0 unspecified atom stereocenters. The summed E-state index contributed by atoms with van der Waals surface area (Å²) in [6, 6.07) is 20.3. The molecule has 112 valence electrons. The molecule has 0 aliphatic rings. The Balaban J connectivity index is 1.97. The third kappa shape index (κ3) is 2.28. The normalized spacial score (nSPS) is 11.0. The molecule has 23 heavy (non-hydrogen) atoms. The Kier molecular flexibility index (Phi) is 3.15. The summed E-state index contributed by atoms with van der Waals surface area (Å²) in [4.78, 5) is 4.66. The van der Waals surface area contributed by atoms with Crippen molar-refractivity contribution in [2.45, 2.75) is 6.92 Å². The van der Waals surface area contributed by atoms with E-state index in [4.69, 9.17) is 0 Å². The van der Waals surface area contributed by atoms with E-state index in [2.05, 4.69) is 10.1 Å². The third-order valence-electron chi connectivity index (χ3n) is 3.87. The number of hydrogen-bond acceptors (Lipinski definition) is 2. The van der Waals surface area contributed by atoms with E-state index in [1.165, 1.54) is 6.07 Å². The Bertz CT molecular complexity index is 990. The lowest BCUT2D eigenvalue weighted by Crippen LogP contribution is -1.98. The van der Waals surface area contributed by atoms with Crippen molar-refractivity contribution in [1.82, 2.24) is 14.8 Å². The predicted octanol–water partition coefficient (Wildman–Crippen LogP) is 4.54. The van der Waals surface area contributed by atoms with Crippen molar-refractivity contribution in [1.29, 1.82) is 0 Å². The SMILES string of the molecule is Cc1nn(-c2ccccc2)c2nc(-c3ccccc3F)ccc12. The lowest BCUT2D eigenvalue weighted by molar-refractivity contribution is 0.631. The van der Waals surface area contributed by atoms with Crippen molar-refractivity contribution in [3.05, 3.63) is 78.2 Å². The van der Waals surface area contributed by atoms with Gasteiger partial charge in [0.2, 0.25) is 0 Å².